The van der Waals surface area contributed by atoms with E-state index in [0.29, 0.717) is 23.8 Å². The number of benzene rings is 1. The van der Waals surface area contributed by atoms with E-state index in [-0.39, 0.29) is 5.82 Å². The first-order valence-corrected chi connectivity index (χ1v) is 7.61. The van der Waals surface area contributed by atoms with Gasteiger partial charge in [0.1, 0.15) is 12.0 Å². The maximum atomic E-state index is 13.2. The third kappa shape index (κ3) is 4.79. The van der Waals surface area contributed by atoms with Gasteiger partial charge in [-0.2, -0.15) is 0 Å². The third-order valence-corrected chi connectivity index (χ3v) is 3.12. The fourth-order valence-corrected chi connectivity index (χ4v) is 2.07. The molecule has 0 saturated carbocycles. The summed E-state index contributed by atoms with van der Waals surface area (Å²) >= 11 is 0. The highest BCUT2D eigenvalue weighted by Gasteiger charge is 2.25. The highest BCUT2D eigenvalue weighted by Crippen LogP contribution is 2.12. The van der Waals surface area contributed by atoms with E-state index in [2.05, 4.69) is 20.9 Å². The molecule has 1 aliphatic heterocycles. The topological polar surface area (TPSA) is 74.8 Å². The molecule has 7 heteroatoms. The molecule has 0 saturated heterocycles. The number of guanidine groups is 1. The van der Waals surface area contributed by atoms with Crippen LogP contribution >= 0.6 is 0 Å². The maximum absolute atomic E-state index is 13.2. The fourth-order valence-electron chi connectivity index (χ4n) is 2.07. The molecule has 2 rings (SSSR count). The number of aliphatic imine (C=N–C) groups is 1. The normalized spacial score (nSPS) is 16.9. The van der Waals surface area contributed by atoms with Crippen LogP contribution in [-0.2, 0) is 9.53 Å². The molecule has 0 bridgehead atoms. The van der Waals surface area contributed by atoms with Gasteiger partial charge in [0.15, 0.2) is 0 Å². The molecular weight excluding hydrogens is 299 g/mol. The van der Waals surface area contributed by atoms with Gasteiger partial charge in [0.25, 0.3) is 0 Å². The Hall–Kier alpha value is -2.41. The zero-order valence-electron chi connectivity index (χ0n) is 13.2. The van der Waals surface area contributed by atoms with Crippen molar-refractivity contribution in [2.24, 2.45) is 4.99 Å². The van der Waals surface area contributed by atoms with Crippen LogP contribution in [0.15, 0.2) is 41.0 Å². The minimum atomic E-state index is -0.415. The Morgan fingerprint density at radius 3 is 2.96 bits per heavy atom. The molecule has 6 nitrogen and oxygen atoms in total. The van der Waals surface area contributed by atoms with Crippen LogP contribution in [-0.4, -0.2) is 31.2 Å². The molecule has 1 aliphatic rings. The molecule has 0 spiro atoms. The summed E-state index contributed by atoms with van der Waals surface area (Å²) < 4.78 is 18.3. The SMILES string of the molecule is CCCNC1NC(Nc2cccc(F)c2)=NC=C1C(=O)OCC. The molecule has 124 valence electrons. The average molecular weight is 320 g/mol. The Morgan fingerprint density at radius 1 is 1.43 bits per heavy atom. The minimum Gasteiger partial charge on any atom is -0.462 e. The van der Waals surface area contributed by atoms with Crippen molar-refractivity contribution in [3.8, 4) is 0 Å². The summed E-state index contributed by atoms with van der Waals surface area (Å²) in [5.41, 5.74) is 0.976. The number of halogens is 1. The zero-order valence-corrected chi connectivity index (χ0v) is 13.2. The lowest BCUT2D eigenvalue weighted by Gasteiger charge is -2.26. The van der Waals surface area contributed by atoms with Crippen molar-refractivity contribution in [1.82, 2.24) is 10.6 Å². The first kappa shape index (κ1) is 17.0. The molecule has 0 amide bonds. The number of carbonyl (C=O) groups excluding carboxylic acids is 1. The monoisotopic (exact) mass is 320 g/mol. The Morgan fingerprint density at radius 2 is 2.26 bits per heavy atom. The molecule has 1 heterocycles. The van der Waals surface area contributed by atoms with Crippen LogP contribution < -0.4 is 16.0 Å². The van der Waals surface area contributed by atoms with Crippen molar-refractivity contribution in [2.75, 3.05) is 18.5 Å². The molecule has 0 aliphatic carbocycles. The van der Waals surface area contributed by atoms with E-state index >= 15 is 0 Å². The molecule has 1 aromatic carbocycles. The minimum absolute atomic E-state index is 0.300. The number of hydrogen-bond acceptors (Lipinski definition) is 6. The van der Waals surface area contributed by atoms with Crippen molar-refractivity contribution in [1.29, 1.82) is 0 Å². The lowest BCUT2D eigenvalue weighted by molar-refractivity contribution is -0.139. The number of nitrogens with zero attached hydrogens (tertiary/aromatic N) is 1. The molecule has 3 N–H and O–H groups in total. The molecule has 0 aromatic heterocycles. The predicted molar refractivity (Wildman–Crippen MR) is 87.4 cm³/mol. The van der Waals surface area contributed by atoms with Gasteiger partial charge in [-0.15, -0.1) is 0 Å². The predicted octanol–water partition coefficient (Wildman–Crippen LogP) is 1.97. The second-order valence-corrected chi connectivity index (χ2v) is 4.95. The van der Waals surface area contributed by atoms with E-state index in [1.165, 1.54) is 18.3 Å². The Kier molecular flexibility index (Phi) is 6.10. The zero-order chi connectivity index (χ0) is 16.7. The summed E-state index contributed by atoms with van der Waals surface area (Å²) in [7, 11) is 0. The van der Waals surface area contributed by atoms with Crippen LogP contribution in [0.3, 0.4) is 0 Å². The quantitative estimate of drug-likeness (QED) is 0.699. The summed E-state index contributed by atoms with van der Waals surface area (Å²) in [5.74, 6) is -0.325. The lowest BCUT2D eigenvalue weighted by Crippen LogP contribution is -2.52. The number of anilines is 1. The van der Waals surface area contributed by atoms with E-state index in [1.807, 2.05) is 6.92 Å². The van der Waals surface area contributed by atoms with Crippen molar-refractivity contribution >= 4 is 17.6 Å². The van der Waals surface area contributed by atoms with Crippen molar-refractivity contribution in [3.05, 3.63) is 41.9 Å². The van der Waals surface area contributed by atoms with E-state index in [9.17, 15) is 9.18 Å². The van der Waals surface area contributed by atoms with Crippen molar-refractivity contribution in [2.45, 2.75) is 26.4 Å². The highest BCUT2D eigenvalue weighted by atomic mass is 19.1. The summed E-state index contributed by atoms with van der Waals surface area (Å²) in [6.45, 7) is 4.81. The Bertz CT molecular complexity index is 616. The van der Waals surface area contributed by atoms with Crippen LogP contribution in [0.2, 0.25) is 0 Å². The largest absolute Gasteiger partial charge is 0.462 e. The standard InChI is InChI=1S/C16H21FN4O2/c1-3-8-18-14-13(15(22)23-4-2)10-19-16(21-14)20-12-7-5-6-11(17)9-12/h5-7,9-10,14,18H,3-4,8H2,1-2H3,(H2,19,20,21). The highest BCUT2D eigenvalue weighted by molar-refractivity contribution is 5.98. The van der Waals surface area contributed by atoms with E-state index in [1.54, 1.807) is 19.1 Å². The van der Waals surface area contributed by atoms with E-state index in [0.717, 1.165) is 13.0 Å². The number of nitrogens with one attached hydrogen (secondary N) is 3. The van der Waals surface area contributed by atoms with Gasteiger partial charge >= 0.3 is 5.97 Å². The Labute approximate surface area is 134 Å². The second-order valence-electron chi connectivity index (χ2n) is 4.95. The van der Waals surface area contributed by atoms with E-state index < -0.39 is 12.1 Å². The van der Waals surface area contributed by atoms with Crippen LogP contribution in [0, 0.1) is 5.82 Å². The molecule has 23 heavy (non-hydrogen) atoms. The van der Waals surface area contributed by atoms with E-state index in [4.69, 9.17) is 4.74 Å². The Balaban J connectivity index is 2.14. The molecule has 1 atom stereocenters. The van der Waals surface area contributed by atoms with Crippen LogP contribution in [0.25, 0.3) is 0 Å². The summed E-state index contributed by atoms with van der Waals surface area (Å²) in [4.78, 5) is 16.1. The molecule has 0 radical (unpaired) electrons. The molecule has 1 aromatic rings. The van der Waals surface area contributed by atoms with Gasteiger partial charge in [0.2, 0.25) is 5.96 Å². The van der Waals surface area contributed by atoms with Gasteiger partial charge in [-0.1, -0.05) is 13.0 Å². The number of hydrogen-bond donors (Lipinski definition) is 3. The van der Waals surface area contributed by atoms with Crippen LogP contribution in [0.1, 0.15) is 20.3 Å². The smallest absolute Gasteiger partial charge is 0.339 e. The molecule has 1 unspecified atom stereocenters. The third-order valence-electron chi connectivity index (χ3n) is 3.12. The van der Waals surface area contributed by atoms with Gasteiger partial charge < -0.3 is 15.4 Å². The number of rotatable bonds is 6. The fraction of sp³-hybridized carbons (Fsp3) is 0.375. The summed E-state index contributed by atoms with van der Waals surface area (Å²) in [6.07, 6.45) is 1.96. The lowest BCUT2D eigenvalue weighted by atomic mass is 10.2. The van der Waals surface area contributed by atoms with Crippen molar-refractivity contribution < 1.29 is 13.9 Å². The summed E-state index contributed by atoms with van der Waals surface area (Å²) in [6, 6.07) is 6.06. The molecular formula is C16H21FN4O2. The van der Waals surface area contributed by atoms with Crippen LogP contribution in [0.5, 0.6) is 0 Å². The van der Waals surface area contributed by atoms with Gasteiger partial charge in [-0.05, 0) is 38.1 Å². The number of carbonyl (C=O) groups is 1. The first-order chi connectivity index (χ1) is 11.1. The number of esters is 1. The van der Waals surface area contributed by atoms with Gasteiger partial charge in [0, 0.05) is 11.9 Å². The van der Waals surface area contributed by atoms with Gasteiger partial charge in [-0.3, -0.25) is 5.32 Å². The van der Waals surface area contributed by atoms with Crippen molar-refractivity contribution in [3.63, 3.8) is 0 Å². The van der Waals surface area contributed by atoms with Crippen LogP contribution in [0.4, 0.5) is 10.1 Å². The average Bonchev–Trinajstić information content (AvgIpc) is 2.53. The molecule has 0 fully saturated rings. The first-order valence-electron chi connectivity index (χ1n) is 7.61. The van der Waals surface area contributed by atoms with Gasteiger partial charge in [-0.25, -0.2) is 14.2 Å². The van der Waals surface area contributed by atoms with Gasteiger partial charge in [0.05, 0.1) is 12.2 Å². The second kappa shape index (κ2) is 8.28. The maximum Gasteiger partial charge on any atom is 0.339 e. The summed E-state index contributed by atoms with van der Waals surface area (Å²) in [5, 5.41) is 9.28. The number of ether oxygens (including phenoxy) is 1.